The van der Waals surface area contributed by atoms with Crippen LogP contribution < -0.4 is 0 Å². The Bertz CT molecular complexity index is 759. The molecule has 0 atom stereocenters. The van der Waals surface area contributed by atoms with Crippen LogP contribution in [0.2, 0.25) is 0 Å². The first kappa shape index (κ1) is 17.6. The SMILES string of the molecule is Cc1ccc(C(=O)N2CCCN(Cc3ccccc3C)CC2)cc1F. The first-order valence-corrected chi connectivity index (χ1v) is 8.87. The van der Waals surface area contributed by atoms with Crippen LogP contribution in [0.4, 0.5) is 4.39 Å². The van der Waals surface area contributed by atoms with E-state index in [4.69, 9.17) is 0 Å². The lowest BCUT2D eigenvalue weighted by Crippen LogP contribution is -2.35. The number of rotatable bonds is 3. The van der Waals surface area contributed by atoms with Gasteiger partial charge in [0.2, 0.25) is 0 Å². The zero-order chi connectivity index (χ0) is 17.8. The minimum Gasteiger partial charge on any atom is -0.337 e. The third-order valence-corrected chi connectivity index (χ3v) is 4.95. The Morgan fingerprint density at radius 3 is 2.56 bits per heavy atom. The van der Waals surface area contributed by atoms with E-state index in [9.17, 15) is 9.18 Å². The summed E-state index contributed by atoms with van der Waals surface area (Å²) in [6, 6.07) is 13.2. The highest BCUT2D eigenvalue weighted by Crippen LogP contribution is 2.15. The maximum Gasteiger partial charge on any atom is 0.254 e. The van der Waals surface area contributed by atoms with Gasteiger partial charge in [-0.25, -0.2) is 4.39 Å². The molecule has 4 heteroatoms. The molecule has 1 aliphatic rings. The van der Waals surface area contributed by atoms with Crippen molar-refractivity contribution in [2.45, 2.75) is 26.8 Å². The summed E-state index contributed by atoms with van der Waals surface area (Å²) < 4.78 is 13.8. The molecular weight excluding hydrogens is 315 g/mol. The van der Waals surface area contributed by atoms with Gasteiger partial charge in [-0.1, -0.05) is 30.3 Å². The van der Waals surface area contributed by atoms with Crippen molar-refractivity contribution in [2.75, 3.05) is 26.2 Å². The maximum absolute atomic E-state index is 13.8. The Morgan fingerprint density at radius 1 is 1.00 bits per heavy atom. The minimum atomic E-state index is -0.318. The third kappa shape index (κ3) is 4.26. The first-order chi connectivity index (χ1) is 12.0. The molecule has 0 saturated carbocycles. The fourth-order valence-electron chi connectivity index (χ4n) is 3.27. The predicted molar refractivity (Wildman–Crippen MR) is 98.1 cm³/mol. The van der Waals surface area contributed by atoms with Gasteiger partial charge in [0, 0.05) is 38.3 Å². The van der Waals surface area contributed by atoms with Gasteiger partial charge < -0.3 is 4.90 Å². The lowest BCUT2D eigenvalue weighted by molar-refractivity contribution is 0.0760. The monoisotopic (exact) mass is 340 g/mol. The number of hydrogen-bond acceptors (Lipinski definition) is 2. The topological polar surface area (TPSA) is 23.6 Å². The zero-order valence-electron chi connectivity index (χ0n) is 15.0. The molecule has 0 aromatic heterocycles. The smallest absolute Gasteiger partial charge is 0.254 e. The summed E-state index contributed by atoms with van der Waals surface area (Å²) >= 11 is 0. The Balaban J connectivity index is 1.64. The summed E-state index contributed by atoms with van der Waals surface area (Å²) in [4.78, 5) is 16.9. The van der Waals surface area contributed by atoms with Crippen LogP contribution in [0, 0.1) is 19.7 Å². The molecule has 1 saturated heterocycles. The Labute approximate surface area is 149 Å². The molecule has 132 valence electrons. The summed E-state index contributed by atoms with van der Waals surface area (Å²) in [6.07, 6.45) is 0.936. The van der Waals surface area contributed by atoms with E-state index < -0.39 is 0 Å². The average Bonchev–Trinajstić information content (AvgIpc) is 2.84. The number of benzene rings is 2. The second-order valence-electron chi connectivity index (χ2n) is 6.81. The van der Waals surface area contributed by atoms with Gasteiger partial charge in [-0.3, -0.25) is 9.69 Å². The lowest BCUT2D eigenvalue weighted by Gasteiger charge is -2.22. The number of carbonyl (C=O) groups is 1. The highest BCUT2D eigenvalue weighted by Gasteiger charge is 2.21. The number of amides is 1. The Hall–Kier alpha value is -2.20. The van der Waals surface area contributed by atoms with E-state index in [1.54, 1.807) is 19.1 Å². The number of nitrogens with zero attached hydrogens (tertiary/aromatic N) is 2. The molecule has 0 N–H and O–H groups in total. The van der Waals surface area contributed by atoms with Crippen LogP contribution in [0.15, 0.2) is 42.5 Å². The standard InChI is InChI=1S/C21H25FN2O/c1-16-6-3-4-7-19(16)15-23-10-5-11-24(13-12-23)21(25)18-9-8-17(2)20(22)14-18/h3-4,6-9,14H,5,10-13,15H2,1-2H3. The molecule has 1 heterocycles. The van der Waals surface area contributed by atoms with Crippen LogP contribution in [0.25, 0.3) is 0 Å². The van der Waals surface area contributed by atoms with E-state index in [0.717, 1.165) is 32.6 Å². The molecule has 2 aromatic rings. The van der Waals surface area contributed by atoms with Crippen molar-refractivity contribution in [1.82, 2.24) is 9.80 Å². The number of halogens is 1. The summed E-state index contributed by atoms with van der Waals surface area (Å²) in [5.74, 6) is -0.390. The van der Waals surface area contributed by atoms with Gasteiger partial charge in [0.15, 0.2) is 0 Å². The van der Waals surface area contributed by atoms with Crippen LogP contribution in [-0.2, 0) is 6.54 Å². The van der Waals surface area contributed by atoms with Crippen molar-refractivity contribution < 1.29 is 9.18 Å². The molecule has 2 aromatic carbocycles. The van der Waals surface area contributed by atoms with Gasteiger partial charge >= 0.3 is 0 Å². The van der Waals surface area contributed by atoms with Crippen molar-refractivity contribution >= 4 is 5.91 Å². The molecule has 1 amide bonds. The lowest BCUT2D eigenvalue weighted by atomic mass is 10.1. The Kier molecular flexibility index (Phi) is 5.49. The fourth-order valence-corrected chi connectivity index (χ4v) is 3.27. The van der Waals surface area contributed by atoms with Gasteiger partial charge in [0.25, 0.3) is 5.91 Å². The van der Waals surface area contributed by atoms with Crippen LogP contribution in [0.5, 0.6) is 0 Å². The van der Waals surface area contributed by atoms with Gasteiger partial charge in [-0.05, 0) is 49.1 Å². The molecule has 1 fully saturated rings. The molecule has 0 unspecified atom stereocenters. The molecule has 0 bridgehead atoms. The van der Waals surface area contributed by atoms with Gasteiger partial charge in [-0.2, -0.15) is 0 Å². The predicted octanol–water partition coefficient (Wildman–Crippen LogP) is 3.79. The Morgan fingerprint density at radius 2 is 1.80 bits per heavy atom. The van der Waals surface area contributed by atoms with Gasteiger partial charge in [-0.15, -0.1) is 0 Å². The largest absolute Gasteiger partial charge is 0.337 e. The summed E-state index contributed by atoms with van der Waals surface area (Å²) in [7, 11) is 0. The molecule has 0 radical (unpaired) electrons. The second-order valence-corrected chi connectivity index (χ2v) is 6.81. The quantitative estimate of drug-likeness (QED) is 0.849. The maximum atomic E-state index is 13.8. The first-order valence-electron chi connectivity index (χ1n) is 8.87. The van der Waals surface area contributed by atoms with Crippen LogP contribution in [0.1, 0.15) is 33.5 Å². The van der Waals surface area contributed by atoms with Crippen LogP contribution in [0.3, 0.4) is 0 Å². The van der Waals surface area contributed by atoms with Crippen molar-refractivity contribution in [3.8, 4) is 0 Å². The van der Waals surface area contributed by atoms with Gasteiger partial charge in [0.05, 0.1) is 0 Å². The van der Waals surface area contributed by atoms with E-state index in [2.05, 4.69) is 36.1 Å². The molecule has 1 aliphatic heterocycles. The molecule has 0 spiro atoms. The van der Waals surface area contributed by atoms with Crippen molar-refractivity contribution in [1.29, 1.82) is 0 Å². The zero-order valence-corrected chi connectivity index (χ0v) is 15.0. The molecule has 25 heavy (non-hydrogen) atoms. The highest BCUT2D eigenvalue weighted by molar-refractivity contribution is 5.94. The number of aryl methyl sites for hydroxylation is 2. The summed E-state index contributed by atoms with van der Waals surface area (Å²) in [6.45, 7) is 7.97. The van der Waals surface area contributed by atoms with Crippen molar-refractivity contribution in [3.05, 3.63) is 70.5 Å². The molecule has 3 nitrogen and oxygen atoms in total. The van der Waals surface area contributed by atoms with Crippen LogP contribution >= 0.6 is 0 Å². The van der Waals surface area contributed by atoms with E-state index in [1.165, 1.54) is 17.2 Å². The van der Waals surface area contributed by atoms with E-state index in [0.29, 0.717) is 17.7 Å². The average molecular weight is 340 g/mol. The third-order valence-electron chi connectivity index (χ3n) is 4.95. The summed E-state index contributed by atoms with van der Waals surface area (Å²) in [5, 5.41) is 0. The van der Waals surface area contributed by atoms with Crippen molar-refractivity contribution in [2.24, 2.45) is 0 Å². The second kappa shape index (κ2) is 7.79. The fraction of sp³-hybridized carbons (Fsp3) is 0.381. The highest BCUT2D eigenvalue weighted by atomic mass is 19.1. The van der Waals surface area contributed by atoms with Gasteiger partial charge in [0.1, 0.15) is 5.82 Å². The minimum absolute atomic E-state index is 0.0726. The summed E-state index contributed by atoms with van der Waals surface area (Å²) in [5.41, 5.74) is 3.64. The van der Waals surface area contributed by atoms with Crippen molar-refractivity contribution in [3.63, 3.8) is 0 Å². The van der Waals surface area contributed by atoms with Crippen LogP contribution in [-0.4, -0.2) is 41.9 Å². The molecule has 3 rings (SSSR count). The number of hydrogen-bond donors (Lipinski definition) is 0. The van der Waals surface area contributed by atoms with E-state index in [1.807, 2.05) is 4.90 Å². The number of carbonyl (C=O) groups excluding carboxylic acids is 1. The normalized spacial score (nSPS) is 15.9. The molecule has 0 aliphatic carbocycles. The molecular formula is C21H25FN2O. The van der Waals surface area contributed by atoms with E-state index in [-0.39, 0.29) is 11.7 Å². The van der Waals surface area contributed by atoms with E-state index >= 15 is 0 Å².